The predicted octanol–water partition coefficient (Wildman–Crippen LogP) is 3.52. The van der Waals surface area contributed by atoms with Gasteiger partial charge in [0.1, 0.15) is 11.9 Å². The van der Waals surface area contributed by atoms with E-state index < -0.39 is 26.4 Å². The summed E-state index contributed by atoms with van der Waals surface area (Å²) >= 11 is 27.7. The number of nitrogens with zero attached hydrogens (tertiary/aromatic N) is 3. The number of hydrogen-bond acceptors (Lipinski definition) is 8. The van der Waals surface area contributed by atoms with E-state index in [9.17, 15) is 26.4 Å². The molecule has 0 amide bonds. The third kappa shape index (κ3) is 13.4. The van der Waals surface area contributed by atoms with Crippen molar-refractivity contribution in [2.45, 2.75) is 41.5 Å². The second-order valence-electron chi connectivity index (χ2n) is 11.3. The smallest absolute Gasteiger partial charge is 1.00 e. The molecule has 2 atom stereocenters. The van der Waals surface area contributed by atoms with Crippen molar-refractivity contribution >= 4 is 106 Å². The SMILES string of the molecule is CCOC(=O)CBr.CCOC(=O)CN1CC(C)CN(c2c(Cl)cc(C)cc2Cl)S1(=O)=O.Cc1cc(Cl)c(N2CC(C)CNS2(=O)=O)c(Cl)c1.[H-].[Na+]. The second-order valence-corrected chi connectivity index (χ2v) is 17.0. The quantitative estimate of drug-likeness (QED) is 0.253. The van der Waals surface area contributed by atoms with Crippen LogP contribution in [0.5, 0.6) is 0 Å². The van der Waals surface area contributed by atoms with Gasteiger partial charge in [-0.3, -0.25) is 18.2 Å². The molecule has 0 aliphatic carbocycles. The molecule has 0 aromatic heterocycles. The van der Waals surface area contributed by atoms with Crippen molar-refractivity contribution < 1.29 is 66.9 Å². The maximum atomic E-state index is 12.9. The summed E-state index contributed by atoms with van der Waals surface area (Å²) in [5.41, 5.74) is 2.32. The first-order valence-electron chi connectivity index (χ1n) is 15.1. The normalized spacial score (nSPS) is 19.5. The number of nitrogens with one attached hydrogen (secondary N) is 1. The largest absolute Gasteiger partial charge is 1.00 e. The molecule has 0 bridgehead atoms. The van der Waals surface area contributed by atoms with Gasteiger partial charge in [-0.1, -0.05) is 76.2 Å². The Hall–Kier alpha value is -0.560. The van der Waals surface area contributed by atoms with Gasteiger partial charge in [0.05, 0.1) is 44.7 Å². The molecule has 2 fully saturated rings. The van der Waals surface area contributed by atoms with Gasteiger partial charge in [-0.05, 0) is 74.9 Å². The standard InChI is InChI=1S/C15H20Cl2N2O4S.C11H14Cl2N2O2S.C4H7BrO2.Na.H/c1-4-23-14(20)9-18-7-11(3)8-19(24(18,21)22)15-12(16)5-10(2)6-13(15)17;1-7-3-9(12)11(10(13)4-7)15-6-8(2)5-14-18(15,16)17;1-2-7-4(6)3-5;;/h5-6,11H,4,7-9H2,1-3H3;3-4,8,14H,5-6H2,1-2H3;2-3H2,1H3;;/q;;;+1;-1. The van der Waals surface area contributed by atoms with Crippen LogP contribution in [0.3, 0.4) is 0 Å². The molecule has 50 heavy (non-hydrogen) atoms. The van der Waals surface area contributed by atoms with Crippen LogP contribution in [-0.4, -0.2) is 84.3 Å². The number of anilines is 2. The molecule has 0 saturated carbocycles. The number of ether oxygens (including phenoxy) is 2. The Labute approximate surface area is 347 Å². The van der Waals surface area contributed by atoms with Gasteiger partial charge >= 0.3 is 61.9 Å². The fourth-order valence-electron chi connectivity index (χ4n) is 4.76. The molecule has 0 radical (unpaired) electrons. The summed E-state index contributed by atoms with van der Waals surface area (Å²) in [4.78, 5) is 21.9. The van der Waals surface area contributed by atoms with Crippen LogP contribution in [0.1, 0.15) is 40.2 Å². The van der Waals surface area contributed by atoms with E-state index in [1.54, 1.807) is 38.1 Å². The molecule has 2 aliphatic rings. The minimum atomic E-state index is -3.92. The molecule has 20 heteroatoms. The van der Waals surface area contributed by atoms with Gasteiger partial charge in [0.25, 0.3) is 0 Å². The van der Waals surface area contributed by atoms with E-state index in [0.717, 1.165) is 15.4 Å². The van der Waals surface area contributed by atoms with Crippen molar-refractivity contribution in [3.8, 4) is 0 Å². The van der Waals surface area contributed by atoms with Gasteiger partial charge in [-0.15, -0.1) is 0 Å². The molecule has 12 nitrogen and oxygen atoms in total. The van der Waals surface area contributed by atoms with Crippen LogP contribution in [-0.2, 0) is 39.5 Å². The van der Waals surface area contributed by atoms with Crippen LogP contribution in [0.2, 0.25) is 20.1 Å². The zero-order valence-electron chi connectivity index (χ0n) is 29.9. The van der Waals surface area contributed by atoms with Crippen LogP contribution >= 0.6 is 62.3 Å². The van der Waals surface area contributed by atoms with E-state index in [0.29, 0.717) is 40.8 Å². The molecule has 2 saturated heterocycles. The molecule has 4 rings (SSSR count). The zero-order valence-corrected chi connectivity index (χ0v) is 37.2. The first-order chi connectivity index (χ1) is 22.8. The average Bonchev–Trinajstić information content (AvgIpc) is 2.97. The van der Waals surface area contributed by atoms with E-state index in [1.807, 2.05) is 27.7 Å². The summed E-state index contributed by atoms with van der Waals surface area (Å²) in [6.07, 6.45) is 0. The number of rotatable bonds is 7. The van der Waals surface area contributed by atoms with Gasteiger partial charge in [-0.25, -0.2) is 0 Å². The number of esters is 2. The number of alkyl halides is 1. The zero-order chi connectivity index (χ0) is 37.3. The Morgan fingerprint density at radius 3 is 1.64 bits per heavy atom. The molecule has 0 spiro atoms. The van der Waals surface area contributed by atoms with Crippen molar-refractivity contribution in [2.75, 3.05) is 59.9 Å². The van der Waals surface area contributed by atoms with Crippen LogP contribution < -0.4 is 42.9 Å². The Morgan fingerprint density at radius 1 is 0.800 bits per heavy atom. The number of carbonyl (C=O) groups is 2. The van der Waals surface area contributed by atoms with E-state index >= 15 is 0 Å². The monoisotopic (exact) mass is 892 g/mol. The predicted molar refractivity (Wildman–Crippen MR) is 201 cm³/mol. The Kier molecular flexibility index (Phi) is 20.3. The summed E-state index contributed by atoms with van der Waals surface area (Å²) in [5.74, 6) is -0.600. The summed E-state index contributed by atoms with van der Waals surface area (Å²) in [5, 5.41) is 1.50. The number of halogens is 5. The molecule has 2 aromatic carbocycles. The van der Waals surface area contributed by atoms with Crippen molar-refractivity contribution in [3.63, 3.8) is 0 Å². The van der Waals surface area contributed by atoms with Crippen molar-refractivity contribution in [1.82, 2.24) is 9.03 Å². The topological polar surface area (TPSA) is 143 Å². The number of benzene rings is 2. The van der Waals surface area contributed by atoms with Gasteiger partial charge in [0.2, 0.25) is 0 Å². The Balaban J connectivity index is 0.000000819. The third-order valence-corrected chi connectivity index (χ3v) is 11.7. The van der Waals surface area contributed by atoms with Crippen LogP contribution in [0.4, 0.5) is 11.4 Å². The molecular formula is C30H42BrCl4N4NaO8S2. The molecule has 2 aromatic rings. The summed E-state index contributed by atoms with van der Waals surface area (Å²) in [6.45, 7) is 12.6. The van der Waals surface area contributed by atoms with Crippen molar-refractivity contribution in [3.05, 3.63) is 55.5 Å². The Morgan fingerprint density at radius 2 is 1.22 bits per heavy atom. The van der Waals surface area contributed by atoms with Crippen LogP contribution in [0.15, 0.2) is 24.3 Å². The summed E-state index contributed by atoms with van der Waals surface area (Å²) in [6, 6.07) is 6.73. The van der Waals surface area contributed by atoms with Crippen molar-refractivity contribution in [1.29, 1.82) is 0 Å². The first-order valence-corrected chi connectivity index (χ1v) is 20.6. The summed E-state index contributed by atoms with van der Waals surface area (Å²) in [7, 11) is -7.48. The van der Waals surface area contributed by atoms with Crippen LogP contribution in [0, 0.1) is 25.7 Å². The number of aryl methyl sites for hydroxylation is 2. The Bertz CT molecular complexity index is 1670. The number of hydrogen-bond donors (Lipinski definition) is 1. The van der Waals surface area contributed by atoms with Gasteiger partial charge in [0, 0.05) is 26.2 Å². The molecule has 1 N–H and O–H groups in total. The third-order valence-electron chi connectivity index (χ3n) is 6.83. The van der Waals surface area contributed by atoms with Gasteiger partial charge < -0.3 is 10.9 Å². The summed E-state index contributed by atoms with van der Waals surface area (Å²) < 4.78 is 65.2. The minimum absolute atomic E-state index is 0. The maximum absolute atomic E-state index is 12.9. The number of carbonyl (C=O) groups excluding carboxylic acids is 2. The first kappa shape index (κ1) is 47.5. The van der Waals surface area contributed by atoms with Gasteiger partial charge in [0.15, 0.2) is 0 Å². The molecule has 2 heterocycles. The fourth-order valence-corrected chi connectivity index (χ4v) is 10.1. The van der Waals surface area contributed by atoms with E-state index in [1.165, 1.54) is 8.61 Å². The van der Waals surface area contributed by atoms with E-state index in [4.69, 9.17) is 51.1 Å². The van der Waals surface area contributed by atoms with Crippen molar-refractivity contribution in [2.24, 2.45) is 11.8 Å². The average molecular weight is 896 g/mol. The second kappa shape index (κ2) is 21.4. The van der Waals surface area contributed by atoms with Gasteiger partial charge in [-0.2, -0.15) is 25.9 Å². The molecule has 2 unspecified atom stereocenters. The molecule has 2 aliphatic heterocycles. The maximum Gasteiger partial charge on any atom is 1.00 e. The van der Waals surface area contributed by atoms with E-state index in [2.05, 4.69) is 25.4 Å². The van der Waals surface area contributed by atoms with E-state index in [-0.39, 0.29) is 90.8 Å². The molecular weight excluding hydrogens is 853 g/mol. The molecule has 278 valence electrons. The van der Waals surface area contributed by atoms with Crippen LogP contribution in [0.25, 0.3) is 0 Å². The fraction of sp³-hybridized carbons (Fsp3) is 0.533. The minimum Gasteiger partial charge on any atom is -1.00 e.